The molecule has 40 heavy (non-hydrogen) atoms. The number of carbonyl (C=O) groups excluding carboxylic acids is 3. The molecule has 1 aliphatic rings. The normalized spacial score (nSPS) is 22.5. The van der Waals surface area contributed by atoms with Crippen molar-refractivity contribution in [1.82, 2.24) is 0 Å². The maximum atomic E-state index is 14.0. The summed E-state index contributed by atoms with van der Waals surface area (Å²) in [5.41, 5.74) is 3.73. The Kier molecular flexibility index (Phi) is 8.52. The molecule has 0 saturated heterocycles. The Morgan fingerprint density at radius 1 is 0.900 bits per heavy atom. The van der Waals surface area contributed by atoms with Crippen molar-refractivity contribution in [2.45, 2.75) is 52.6 Å². The Morgan fingerprint density at radius 3 is 1.98 bits per heavy atom. The van der Waals surface area contributed by atoms with Gasteiger partial charge in [0.2, 0.25) is 11.8 Å². The van der Waals surface area contributed by atoms with Gasteiger partial charge >= 0.3 is 0 Å². The van der Waals surface area contributed by atoms with E-state index in [0.717, 1.165) is 22.3 Å². The SMILES string of the molecule is COc1ccc(Br)cc1C1C(C(=O)Nc2ccc(C)cc2C)C(=O)CC(C)(O)C1C(=O)Nc1ccc(C)cc1C. The second-order valence-electron chi connectivity index (χ2n) is 11.0. The first kappa shape index (κ1) is 29.5. The Labute approximate surface area is 243 Å². The molecule has 0 aliphatic heterocycles. The summed E-state index contributed by atoms with van der Waals surface area (Å²) in [5.74, 6) is -4.48. The summed E-state index contributed by atoms with van der Waals surface area (Å²) in [4.78, 5) is 41.6. The summed E-state index contributed by atoms with van der Waals surface area (Å²) in [6.07, 6.45) is -0.351. The number of methoxy groups -OCH3 is 1. The fourth-order valence-electron chi connectivity index (χ4n) is 5.76. The number of anilines is 2. The second kappa shape index (κ2) is 11.6. The zero-order valence-corrected chi connectivity index (χ0v) is 25.2. The van der Waals surface area contributed by atoms with Crippen LogP contribution in [0.25, 0.3) is 0 Å². The number of carbonyl (C=O) groups is 3. The van der Waals surface area contributed by atoms with Crippen molar-refractivity contribution in [1.29, 1.82) is 0 Å². The molecular formula is C32H35BrN2O5. The average molecular weight is 608 g/mol. The Hall–Kier alpha value is -3.49. The smallest absolute Gasteiger partial charge is 0.235 e. The van der Waals surface area contributed by atoms with Crippen LogP contribution in [0.2, 0.25) is 0 Å². The number of hydrogen-bond acceptors (Lipinski definition) is 5. The molecule has 2 amide bonds. The molecule has 3 aromatic carbocycles. The Bertz CT molecular complexity index is 1480. The van der Waals surface area contributed by atoms with Crippen LogP contribution in [0.4, 0.5) is 11.4 Å². The van der Waals surface area contributed by atoms with Crippen molar-refractivity contribution in [3.05, 3.63) is 86.9 Å². The molecule has 4 unspecified atom stereocenters. The van der Waals surface area contributed by atoms with Crippen molar-refractivity contribution in [3.63, 3.8) is 0 Å². The van der Waals surface area contributed by atoms with E-state index in [9.17, 15) is 19.5 Å². The van der Waals surface area contributed by atoms with E-state index in [1.165, 1.54) is 14.0 Å². The molecule has 7 nitrogen and oxygen atoms in total. The van der Waals surface area contributed by atoms with Gasteiger partial charge in [-0.3, -0.25) is 14.4 Å². The van der Waals surface area contributed by atoms with Crippen LogP contribution in [-0.4, -0.2) is 35.4 Å². The molecule has 4 rings (SSSR count). The van der Waals surface area contributed by atoms with Crippen LogP contribution in [0.1, 0.15) is 47.1 Å². The highest BCUT2D eigenvalue weighted by Gasteiger charge is 2.56. The van der Waals surface area contributed by atoms with Crippen molar-refractivity contribution in [2.75, 3.05) is 17.7 Å². The van der Waals surface area contributed by atoms with Gasteiger partial charge in [0, 0.05) is 33.7 Å². The first-order chi connectivity index (χ1) is 18.8. The van der Waals surface area contributed by atoms with E-state index >= 15 is 0 Å². The van der Waals surface area contributed by atoms with Crippen molar-refractivity contribution >= 4 is 44.9 Å². The molecule has 0 heterocycles. The monoisotopic (exact) mass is 606 g/mol. The number of nitrogens with one attached hydrogen (secondary N) is 2. The van der Waals surface area contributed by atoms with Gasteiger partial charge in [-0.05, 0) is 76.1 Å². The van der Waals surface area contributed by atoms with Gasteiger partial charge in [0.25, 0.3) is 0 Å². The first-order valence-electron chi connectivity index (χ1n) is 13.2. The van der Waals surface area contributed by atoms with Crippen LogP contribution in [0.5, 0.6) is 5.75 Å². The number of ketones is 1. The minimum atomic E-state index is -1.73. The standard InChI is InChI=1S/C32H35BrN2O5/c1-17-7-10-23(19(3)13-17)34-30(37)28-25(36)16-32(5,39)29(27(28)22-15-21(33)9-12-26(22)40-6)31(38)35-24-11-8-18(2)14-20(24)4/h7-15,27-29,39H,16H2,1-6H3,(H,34,37)(H,35,38). The number of benzene rings is 3. The minimum absolute atomic E-state index is 0.351. The van der Waals surface area contributed by atoms with Gasteiger partial charge in [0.15, 0.2) is 0 Å². The van der Waals surface area contributed by atoms with Crippen LogP contribution >= 0.6 is 15.9 Å². The number of hydrogen-bond donors (Lipinski definition) is 3. The molecule has 1 saturated carbocycles. The van der Waals surface area contributed by atoms with Gasteiger partial charge in [0.1, 0.15) is 17.5 Å². The van der Waals surface area contributed by atoms with Gasteiger partial charge in [-0.25, -0.2) is 0 Å². The molecule has 3 aromatic rings. The number of aryl methyl sites for hydroxylation is 4. The van der Waals surface area contributed by atoms with Crippen LogP contribution in [0.3, 0.4) is 0 Å². The molecule has 3 N–H and O–H groups in total. The fraction of sp³-hybridized carbons (Fsp3) is 0.344. The third-order valence-electron chi connectivity index (χ3n) is 7.66. The van der Waals surface area contributed by atoms with Crippen molar-refractivity contribution in [2.24, 2.45) is 11.8 Å². The lowest BCUT2D eigenvalue weighted by molar-refractivity contribution is -0.150. The maximum Gasteiger partial charge on any atom is 0.235 e. The molecule has 1 aliphatic carbocycles. The first-order valence-corrected chi connectivity index (χ1v) is 14.0. The quantitative estimate of drug-likeness (QED) is 0.298. The predicted octanol–water partition coefficient (Wildman–Crippen LogP) is 6.01. The van der Waals surface area contributed by atoms with Gasteiger partial charge in [0.05, 0.1) is 18.6 Å². The van der Waals surface area contributed by atoms with E-state index in [2.05, 4.69) is 26.6 Å². The number of Topliss-reactive ketones (excluding diaryl/α,β-unsaturated/α-hetero) is 1. The topological polar surface area (TPSA) is 105 Å². The minimum Gasteiger partial charge on any atom is -0.496 e. The van der Waals surface area contributed by atoms with E-state index in [1.54, 1.807) is 24.3 Å². The predicted molar refractivity (Wildman–Crippen MR) is 160 cm³/mol. The van der Waals surface area contributed by atoms with E-state index in [1.807, 2.05) is 58.0 Å². The fourth-order valence-corrected chi connectivity index (χ4v) is 6.14. The summed E-state index contributed by atoms with van der Waals surface area (Å²) in [5, 5.41) is 17.5. The van der Waals surface area contributed by atoms with Crippen LogP contribution < -0.4 is 15.4 Å². The largest absolute Gasteiger partial charge is 0.496 e. The Morgan fingerprint density at radius 2 is 1.45 bits per heavy atom. The summed E-state index contributed by atoms with van der Waals surface area (Å²) < 4.78 is 6.32. The highest BCUT2D eigenvalue weighted by atomic mass is 79.9. The van der Waals surface area contributed by atoms with Crippen LogP contribution in [0.15, 0.2) is 59.1 Å². The molecule has 0 radical (unpaired) electrons. The molecule has 4 atom stereocenters. The molecule has 0 aromatic heterocycles. The number of halogens is 1. The molecule has 0 bridgehead atoms. The lowest BCUT2D eigenvalue weighted by Crippen LogP contribution is -2.56. The number of amides is 2. The summed E-state index contributed by atoms with van der Waals surface area (Å²) >= 11 is 3.49. The molecule has 1 fully saturated rings. The molecule has 0 spiro atoms. The van der Waals surface area contributed by atoms with Gasteiger partial charge in [-0.2, -0.15) is 0 Å². The van der Waals surface area contributed by atoms with Crippen molar-refractivity contribution < 1.29 is 24.2 Å². The lowest BCUT2D eigenvalue weighted by Gasteiger charge is -2.44. The highest BCUT2D eigenvalue weighted by molar-refractivity contribution is 9.10. The van der Waals surface area contributed by atoms with Crippen LogP contribution in [-0.2, 0) is 14.4 Å². The van der Waals surface area contributed by atoms with Gasteiger partial charge < -0.3 is 20.5 Å². The maximum absolute atomic E-state index is 14.0. The zero-order chi connectivity index (χ0) is 29.4. The van der Waals surface area contributed by atoms with E-state index in [0.29, 0.717) is 27.2 Å². The zero-order valence-electron chi connectivity index (χ0n) is 23.6. The summed E-state index contributed by atoms with van der Waals surface area (Å²) in [6, 6.07) is 16.5. The molecule has 8 heteroatoms. The molecule has 210 valence electrons. The number of aliphatic hydroxyl groups is 1. The Balaban J connectivity index is 1.84. The van der Waals surface area contributed by atoms with E-state index < -0.39 is 41.0 Å². The summed E-state index contributed by atoms with van der Waals surface area (Å²) in [7, 11) is 1.49. The number of ether oxygens (including phenoxy) is 1. The number of rotatable bonds is 6. The average Bonchev–Trinajstić information content (AvgIpc) is 2.86. The van der Waals surface area contributed by atoms with E-state index in [-0.39, 0.29) is 6.42 Å². The van der Waals surface area contributed by atoms with E-state index in [4.69, 9.17) is 4.74 Å². The van der Waals surface area contributed by atoms with Crippen molar-refractivity contribution in [3.8, 4) is 5.75 Å². The lowest BCUT2D eigenvalue weighted by atomic mass is 9.61. The highest BCUT2D eigenvalue weighted by Crippen LogP contribution is 2.49. The third kappa shape index (κ3) is 5.98. The third-order valence-corrected chi connectivity index (χ3v) is 8.16. The second-order valence-corrected chi connectivity index (χ2v) is 11.9. The molecular weight excluding hydrogens is 572 g/mol. The van der Waals surface area contributed by atoms with Gasteiger partial charge in [-0.1, -0.05) is 51.3 Å². The van der Waals surface area contributed by atoms with Crippen LogP contribution in [0, 0.1) is 39.5 Å². The van der Waals surface area contributed by atoms with Gasteiger partial charge in [-0.15, -0.1) is 0 Å². The summed E-state index contributed by atoms with van der Waals surface area (Å²) in [6.45, 7) is 9.17.